The molecule has 0 fully saturated rings. The molecule has 0 bridgehead atoms. The normalized spacial score (nSPS) is 10.4. The molecule has 2 amide bonds. The molecule has 2 aromatic rings. The van der Waals surface area contributed by atoms with Crippen molar-refractivity contribution in [2.24, 2.45) is 0 Å². The third-order valence-corrected chi connectivity index (χ3v) is 3.38. The second-order valence-corrected chi connectivity index (χ2v) is 4.71. The van der Waals surface area contributed by atoms with E-state index in [-0.39, 0.29) is 0 Å². The summed E-state index contributed by atoms with van der Waals surface area (Å²) >= 11 is 0. The van der Waals surface area contributed by atoms with Crippen LogP contribution >= 0.6 is 0 Å². The average Bonchev–Trinajstić information content (AvgIpc) is 2.94. The van der Waals surface area contributed by atoms with Crippen LogP contribution in [0, 0.1) is 0 Å². The van der Waals surface area contributed by atoms with Crippen LogP contribution < -0.4 is 0 Å². The number of H-pyrrole nitrogens is 1. The van der Waals surface area contributed by atoms with Crippen LogP contribution in [-0.2, 0) is 16.1 Å². The molecule has 0 saturated heterocycles. The molecule has 1 aromatic heterocycles. The van der Waals surface area contributed by atoms with Gasteiger partial charge in [0.2, 0.25) is 12.8 Å². The summed E-state index contributed by atoms with van der Waals surface area (Å²) in [5.41, 5.74) is 2.14. The molecule has 1 aromatic carbocycles. The number of nitrogens with zero attached hydrogens (tertiary/aromatic N) is 2. The molecule has 1 heterocycles. The number of hydrogen-bond donors (Lipinski definition) is 1. The molecule has 106 valence electrons. The van der Waals surface area contributed by atoms with Gasteiger partial charge in [0.1, 0.15) is 0 Å². The van der Waals surface area contributed by atoms with Crippen LogP contribution in [0.3, 0.4) is 0 Å². The van der Waals surface area contributed by atoms with E-state index < -0.39 is 0 Å². The van der Waals surface area contributed by atoms with Crippen LogP contribution in [0.25, 0.3) is 10.9 Å². The maximum absolute atomic E-state index is 11.1. The summed E-state index contributed by atoms with van der Waals surface area (Å²) in [6, 6.07) is 8.11. The van der Waals surface area contributed by atoms with Crippen LogP contribution in [0.5, 0.6) is 0 Å². The summed E-state index contributed by atoms with van der Waals surface area (Å²) in [6.07, 6.45) is 3.54. The summed E-state index contributed by atoms with van der Waals surface area (Å²) < 4.78 is 0. The van der Waals surface area contributed by atoms with Crippen LogP contribution in [0.4, 0.5) is 0 Å². The standard InChI is InChI=1S/C15H19N3O2/c1-2-17(11-19)7-8-18(12-20)10-13-3-4-14-5-6-16-15(14)9-13/h3-6,9,11-12,16H,2,7-8,10H2,1H3. The van der Waals surface area contributed by atoms with Gasteiger partial charge in [-0.15, -0.1) is 0 Å². The maximum atomic E-state index is 11.1. The Kier molecular flexibility index (Phi) is 4.76. The summed E-state index contributed by atoms with van der Waals surface area (Å²) in [4.78, 5) is 28.3. The minimum Gasteiger partial charge on any atom is -0.361 e. The first kappa shape index (κ1) is 14.1. The highest BCUT2D eigenvalue weighted by Gasteiger charge is 2.06. The Labute approximate surface area is 118 Å². The van der Waals surface area contributed by atoms with E-state index in [1.165, 1.54) is 0 Å². The van der Waals surface area contributed by atoms with Crippen molar-refractivity contribution in [3.05, 3.63) is 36.0 Å². The smallest absolute Gasteiger partial charge is 0.210 e. The van der Waals surface area contributed by atoms with Crippen LogP contribution in [0.2, 0.25) is 0 Å². The number of benzene rings is 1. The fourth-order valence-corrected chi connectivity index (χ4v) is 2.14. The largest absolute Gasteiger partial charge is 0.361 e. The molecule has 0 aliphatic heterocycles. The van der Waals surface area contributed by atoms with Gasteiger partial charge in [-0.25, -0.2) is 0 Å². The quantitative estimate of drug-likeness (QED) is 0.743. The Hall–Kier alpha value is -2.30. The molecular weight excluding hydrogens is 254 g/mol. The topological polar surface area (TPSA) is 56.4 Å². The Morgan fingerprint density at radius 2 is 1.85 bits per heavy atom. The molecule has 0 saturated carbocycles. The Bertz CT molecular complexity index is 579. The van der Waals surface area contributed by atoms with Crippen molar-refractivity contribution in [1.82, 2.24) is 14.8 Å². The van der Waals surface area contributed by atoms with E-state index in [2.05, 4.69) is 4.98 Å². The first-order chi connectivity index (χ1) is 9.76. The molecule has 0 spiro atoms. The zero-order chi connectivity index (χ0) is 14.4. The van der Waals surface area contributed by atoms with E-state index in [0.29, 0.717) is 26.2 Å². The van der Waals surface area contributed by atoms with Gasteiger partial charge in [0.05, 0.1) is 0 Å². The van der Waals surface area contributed by atoms with Gasteiger partial charge >= 0.3 is 0 Å². The van der Waals surface area contributed by atoms with E-state index in [1.54, 1.807) is 9.80 Å². The molecule has 5 nitrogen and oxygen atoms in total. The van der Waals surface area contributed by atoms with Crippen molar-refractivity contribution in [3.63, 3.8) is 0 Å². The number of fused-ring (bicyclic) bond motifs is 1. The lowest BCUT2D eigenvalue weighted by atomic mass is 10.1. The van der Waals surface area contributed by atoms with Crippen LogP contribution in [-0.4, -0.2) is 47.2 Å². The SMILES string of the molecule is CCN(C=O)CCN(C=O)Cc1ccc2cc[nH]c2c1. The molecule has 20 heavy (non-hydrogen) atoms. The van der Waals surface area contributed by atoms with Gasteiger partial charge in [-0.3, -0.25) is 9.59 Å². The van der Waals surface area contributed by atoms with E-state index in [0.717, 1.165) is 29.3 Å². The number of aromatic amines is 1. The lowest BCUT2D eigenvalue weighted by Gasteiger charge is -2.21. The minimum absolute atomic E-state index is 0.541. The minimum atomic E-state index is 0.541. The van der Waals surface area contributed by atoms with Crippen molar-refractivity contribution in [1.29, 1.82) is 0 Å². The molecule has 0 aliphatic rings. The van der Waals surface area contributed by atoms with Crippen molar-refractivity contribution in [2.75, 3.05) is 19.6 Å². The number of hydrogen-bond acceptors (Lipinski definition) is 2. The highest BCUT2D eigenvalue weighted by molar-refractivity contribution is 5.79. The highest BCUT2D eigenvalue weighted by Crippen LogP contribution is 2.15. The molecular formula is C15H19N3O2. The first-order valence-electron chi connectivity index (χ1n) is 6.71. The third-order valence-electron chi connectivity index (χ3n) is 3.38. The molecule has 0 unspecified atom stereocenters. The van der Waals surface area contributed by atoms with Crippen LogP contribution in [0.1, 0.15) is 12.5 Å². The van der Waals surface area contributed by atoms with E-state index in [9.17, 15) is 9.59 Å². The number of carbonyl (C=O) groups is 2. The fraction of sp³-hybridized carbons (Fsp3) is 0.333. The number of likely N-dealkylation sites (N-methyl/N-ethyl adjacent to an activating group) is 1. The van der Waals surface area contributed by atoms with E-state index in [1.807, 2.05) is 37.4 Å². The molecule has 0 radical (unpaired) electrons. The molecule has 5 heteroatoms. The highest BCUT2D eigenvalue weighted by atomic mass is 16.1. The van der Waals surface area contributed by atoms with Gasteiger partial charge in [-0.1, -0.05) is 12.1 Å². The Balaban J connectivity index is 1.98. The summed E-state index contributed by atoms with van der Waals surface area (Å²) in [6.45, 7) is 4.22. The number of aromatic nitrogens is 1. The fourth-order valence-electron chi connectivity index (χ4n) is 2.14. The number of rotatable bonds is 8. The Morgan fingerprint density at radius 3 is 2.55 bits per heavy atom. The lowest BCUT2D eigenvalue weighted by Crippen LogP contribution is -2.33. The summed E-state index contributed by atoms with van der Waals surface area (Å²) in [5.74, 6) is 0. The van der Waals surface area contributed by atoms with Gasteiger partial charge < -0.3 is 14.8 Å². The van der Waals surface area contributed by atoms with Gasteiger partial charge in [0.15, 0.2) is 0 Å². The van der Waals surface area contributed by atoms with E-state index in [4.69, 9.17) is 0 Å². The summed E-state index contributed by atoms with van der Waals surface area (Å²) in [5, 5.41) is 1.16. The number of carbonyl (C=O) groups excluding carboxylic acids is 2. The zero-order valence-electron chi connectivity index (χ0n) is 11.6. The number of amides is 2. The lowest BCUT2D eigenvalue weighted by molar-refractivity contribution is -0.121. The predicted molar refractivity (Wildman–Crippen MR) is 78.1 cm³/mol. The monoisotopic (exact) mass is 273 g/mol. The van der Waals surface area contributed by atoms with Crippen molar-refractivity contribution in [3.8, 4) is 0 Å². The van der Waals surface area contributed by atoms with E-state index >= 15 is 0 Å². The van der Waals surface area contributed by atoms with Crippen molar-refractivity contribution in [2.45, 2.75) is 13.5 Å². The molecule has 2 rings (SSSR count). The van der Waals surface area contributed by atoms with Crippen molar-refractivity contribution >= 4 is 23.7 Å². The number of nitrogens with one attached hydrogen (secondary N) is 1. The second kappa shape index (κ2) is 6.75. The summed E-state index contributed by atoms with van der Waals surface area (Å²) in [7, 11) is 0. The Morgan fingerprint density at radius 1 is 1.10 bits per heavy atom. The molecule has 0 atom stereocenters. The van der Waals surface area contributed by atoms with Gasteiger partial charge in [0.25, 0.3) is 0 Å². The average molecular weight is 273 g/mol. The van der Waals surface area contributed by atoms with Gasteiger partial charge in [-0.05, 0) is 30.0 Å². The van der Waals surface area contributed by atoms with Crippen molar-refractivity contribution < 1.29 is 9.59 Å². The molecule has 0 aliphatic carbocycles. The van der Waals surface area contributed by atoms with Crippen LogP contribution in [0.15, 0.2) is 30.5 Å². The maximum Gasteiger partial charge on any atom is 0.210 e. The third kappa shape index (κ3) is 3.38. The zero-order valence-corrected chi connectivity index (χ0v) is 11.6. The van der Waals surface area contributed by atoms with Gasteiger partial charge in [-0.2, -0.15) is 0 Å². The van der Waals surface area contributed by atoms with Gasteiger partial charge in [0, 0.05) is 37.9 Å². The predicted octanol–water partition coefficient (Wildman–Crippen LogP) is 1.60. The molecule has 1 N–H and O–H groups in total. The second-order valence-electron chi connectivity index (χ2n) is 4.71. The first-order valence-corrected chi connectivity index (χ1v) is 6.71.